The van der Waals surface area contributed by atoms with Gasteiger partial charge in [-0.2, -0.15) is 0 Å². The number of phenolic OH excluding ortho intramolecular Hbond substituents is 1. The Bertz CT molecular complexity index is 356. The Hall–Kier alpha value is -1.51. The van der Waals surface area contributed by atoms with E-state index in [0.29, 0.717) is 11.1 Å². The van der Waals surface area contributed by atoms with Crippen LogP contribution < -0.4 is 0 Å². The summed E-state index contributed by atoms with van der Waals surface area (Å²) in [6, 6.07) is 3.42. The van der Waals surface area contributed by atoms with E-state index in [1.165, 1.54) is 7.11 Å². The lowest BCUT2D eigenvalue weighted by atomic mass is 10.0. The Morgan fingerprint density at radius 1 is 1.50 bits per heavy atom. The maximum absolute atomic E-state index is 11.3. The normalized spacial score (nSPS) is 9.93. The van der Waals surface area contributed by atoms with Gasteiger partial charge >= 0.3 is 5.97 Å². The number of carbonyl (C=O) groups excluding carboxylic acids is 1. The Kier molecular flexibility index (Phi) is 3.12. The molecule has 0 saturated heterocycles. The summed E-state index contributed by atoms with van der Waals surface area (Å²) >= 11 is 0. The summed E-state index contributed by atoms with van der Waals surface area (Å²) in [6.07, 6.45) is 0.744. The minimum absolute atomic E-state index is 0.190. The second-order valence-corrected chi connectivity index (χ2v) is 3.09. The molecule has 0 aliphatic heterocycles. The number of carbonyl (C=O) groups is 1. The molecule has 1 aromatic carbocycles. The standard InChI is InChI=1S/C11H14O3/c1-4-8-5-6-9(11(13)14-3)7(2)10(8)12/h5-6,12H,4H2,1-3H3. The van der Waals surface area contributed by atoms with Crippen molar-refractivity contribution < 1.29 is 14.6 Å². The average molecular weight is 194 g/mol. The van der Waals surface area contributed by atoms with E-state index in [9.17, 15) is 9.90 Å². The molecule has 3 nitrogen and oxygen atoms in total. The van der Waals surface area contributed by atoms with E-state index >= 15 is 0 Å². The van der Waals surface area contributed by atoms with E-state index < -0.39 is 5.97 Å². The molecular formula is C11H14O3. The minimum atomic E-state index is -0.416. The Morgan fingerprint density at radius 3 is 2.64 bits per heavy atom. The summed E-state index contributed by atoms with van der Waals surface area (Å²) in [5.41, 5.74) is 1.84. The van der Waals surface area contributed by atoms with E-state index in [0.717, 1.165) is 12.0 Å². The molecule has 1 rings (SSSR count). The SMILES string of the molecule is CCc1ccc(C(=O)OC)c(C)c1O. The van der Waals surface area contributed by atoms with Crippen LogP contribution in [-0.4, -0.2) is 18.2 Å². The number of ether oxygens (including phenoxy) is 1. The van der Waals surface area contributed by atoms with E-state index in [1.807, 2.05) is 6.92 Å². The highest BCUT2D eigenvalue weighted by Gasteiger charge is 2.13. The maximum Gasteiger partial charge on any atom is 0.338 e. The molecule has 0 aromatic heterocycles. The van der Waals surface area contributed by atoms with Gasteiger partial charge in [-0.25, -0.2) is 4.79 Å². The van der Waals surface area contributed by atoms with Gasteiger partial charge in [0.1, 0.15) is 5.75 Å². The molecule has 0 unspecified atom stereocenters. The molecule has 0 amide bonds. The number of hydrogen-bond donors (Lipinski definition) is 1. The van der Waals surface area contributed by atoms with E-state index in [4.69, 9.17) is 0 Å². The zero-order chi connectivity index (χ0) is 10.7. The lowest BCUT2D eigenvalue weighted by Crippen LogP contribution is -2.04. The lowest BCUT2D eigenvalue weighted by Gasteiger charge is -2.09. The van der Waals surface area contributed by atoms with Gasteiger partial charge in [0.25, 0.3) is 0 Å². The van der Waals surface area contributed by atoms with Crippen LogP contribution in [0.2, 0.25) is 0 Å². The van der Waals surface area contributed by atoms with Crippen LogP contribution in [0.4, 0.5) is 0 Å². The molecule has 0 aliphatic carbocycles. The number of rotatable bonds is 2. The van der Waals surface area contributed by atoms with Gasteiger partial charge in [-0.1, -0.05) is 13.0 Å². The molecule has 14 heavy (non-hydrogen) atoms. The van der Waals surface area contributed by atoms with Crippen molar-refractivity contribution in [2.24, 2.45) is 0 Å². The molecule has 1 aromatic rings. The van der Waals surface area contributed by atoms with Gasteiger partial charge in [0.15, 0.2) is 0 Å². The van der Waals surface area contributed by atoms with Crippen LogP contribution in [0.3, 0.4) is 0 Å². The fraction of sp³-hybridized carbons (Fsp3) is 0.364. The van der Waals surface area contributed by atoms with Gasteiger partial charge in [0.05, 0.1) is 12.7 Å². The summed E-state index contributed by atoms with van der Waals surface area (Å²) in [6.45, 7) is 3.66. The van der Waals surface area contributed by atoms with Crippen LogP contribution in [0.15, 0.2) is 12.1 Å². The first kappa shape index (κ1) is 10.6. The summed E-state index contributed by atoms with van der Waals surface area (Å²) in [7, 11) is 1.33. The van der Waals surface area contributed by atoms with Crippen molar-refractivity contribution in [1.29, 1.82) is 0 Å². The van der Waals surface area contributed by atoms with Crippen LogP contribution in [0.5, 0.6) is 5.75 Å². The third-order valence-corrected chi connectivity index (χ3v) is 2.30. The zero-order valence-electron chi connectivity index (χ0n) is 8.63. The van der Waals surface area contributed by atoms with E-state index in [1.54, 1.807) is 19.1 Å². The van der Waals surface area contributed by atoms with E-state index in [2.05, 4.69) is 4.74 Å². The molecule has 0 spiro atoms. The highest BCUT2D eigenvalue weighted by atomic mass is 16.5. The first-order valence-corrected chi connectivity index (χ1v) is 4.51. The van der Waals surface area contributed by atoms with Crippen molar-refractivity contribution >= 4 is 5.97 Å². The molecule has 0 atom stereocenters. The number of phenols is 1. The fourth-order valence-corrected chi connectivity index (χ4v) is 1.37. The fourth-order valence-electron chi connectivity index (χ4n) is 1.37. The maximum atomic E-state index is 11.3. The van der Waals surface area contributed by atoms with Crippen molar-refractivity contribution in [3.05, 3.63) is 28.8 Å². The molecule has 1 N–H and O–H groups in total. The van der Waals surface area contributed by atoms with Crippen molar-refractivity contribution in [2.45, 2.75) is 20.3 Å². The van der Waals surface area contributed by atoms with Crippen LogP contribution in [-0.2, 0) is 11.2 Å². The summed E-state index contributed by atoms with van der Waals surface area (Å²) in [5, 5.41) is 9.72. The smallest absolute Gasteiger partial charge is 0.338 e. The summed E-state index contributed by atoms with van der Waals surface area (Å²) in [5.74, 6) is -0.226. The molecule has 0 bridgehead atoms. The van der Waals surface area contributed by atoms with Gasteiger partial charge in [-0.05, 0) is 25.0 Å². The number of esters is 1. The molecule has 0 heterocycles. The predicted molar refractivity (Wildman–Crippen MR) is 53.6 cm³/mol. The molecule has 76 valence electrons. The van der Waals surface area contributed by atoms with Gasteiger partial charge in [0, 0.05) is 5.56 Å². The number of aryl methyl sites for hydroxylation is 1. The monoisotopic (exact) mass is 194 g/mol. The quantitative estimate of drug-likeness (QED) is 0.733. The first-order chi connectivity index (χ1) is 6.61. The minimum Gasteiger partial charge on any atom is -0.507 e. The average Bonchev–Trinajstić information content (AvgIpc) is 2.21. The van der Waals surface area contributed by atoms with Crippen molar-refractivity contribution in [3.63, 3.8) is 0 Å². The largest absolute Gasteiger partial charge is 0.507 e. The van der Waals surface area contributed by atoms with Crippen LogP contribution in [0.25, 0.3) is 0 Å². The van der Waals surface area contributed by atoms with Gasteiger partial charge in [0.2, 0.25) is 0 Å². The number of hydrogen-bond acceptors (Lipinski definition) is 3. The van der Waals surface area contributed by atoms with Crippen LogP contribution in [0, 0.1) is 6.92 Å². The highest BCUT2D eigenvalue weighted by Crippen LogP contribution is 2.25. The van der Waals surface area contributed by atoms with Crippen LogP contribution in [0.1, 0.15) is 28.4 Å². The second kappa shape index (κ2) is 4.13. The Labute approximate surface area is 83.3 Å². The topological polar surface area (TPSA) is 46.5 Å². The van der Waals surface area contributed by atoms with Crippen molar-refractivity contribution in [1.82, 2.24) is 0 Å². The Balaban J connectivity index is 3.24. The predicted octanol–water partition coefficient (Wildman–Crippen LogP) is 2.05. The number of methoxy groups -OCH3 is 1. The van der Waals surface area contributed by atoms with Crippen LogP contribution >= 0.6 is 0 Å². The molecule has 0 aliphatic rings. The van der Waals surface area contributed by atoms with Gasteiger partial charge in [-0.15, -0.1) is 0 Å². The molecule has 0 saturated carbocycles. The zero-order valence-corrected chi connectivity index (χ0v) is 8.63. The number of benzene rings is 1. The summed E-state index contributed by atoms with van der Waals surface area (Å²) in [4.78, 5) is 11.3. The lowest BCUT2D eigenvalue weighted by molar-refractivity contribution is 0.0599. The third kappa shape index (κ3) is 1.71. The summed E-state index contributed by atoms with van der Waals surface area (Å²) < 4.78 is 4.60. The second-order valence-electron chi connectivity index (χ2n) is 3.09. The highest BCUT2D eigenvalue weighted by molar-refractivity contribution is 5.91. The van der Waals surface area contributed by atoms with Gasteiger partial charge in [-0.3, -0.25) is 0 Å². The van der Waals surface area contributed by atoms with Crippen molar-refractivity contribution in [2.75, 3.05) is 7.11 Å². The molecule has 3 heteroatoms. The molecule has 0 radical (unpaired) electrons. The third-order valence-electron chi connectivity index (χ3n) is 2.30. The number of aromatic hydroxyl groups is 1. The van der Waals surface area contributed by atoms with E-state index in [-0.39, 0.29) is 5.75 Å². The molecule has 0 fully saturated rings. The molecular weight excluding hydrogens is 180 g/mol. The Morgan fingerprint density at radius 2 is 2.14 bits per heavy atom. The van der Waals surface area contributed by atoms with Crippen molar-refractivity contribution in [3.8, 4) is 5.75 Å². The van der Waals surface area contributed by atoms with Gasteiger partial charge < -0.3 is 9.84 Å². The first-order valence-electron chi connectivity index (χ1n) is 4.51.